The van der Waals surface area contributed by atoms with Crippen molar-refractivity contribution < 1.29 is 8.63 Å². The van der Waals surface area contributed by atoms with Crippen LogP contribution in [0.15, 0.2) is 58.2 Å². The molecule has 1 aromatic carbocycles. The van der Waals surface area contributed by atoms with Crippen LogP contribution in [-0.4, -0.2) is 4.21 Å². The van der Waals surface area contributed by atoms with Gasteiger partial charge >= 0.3 is 0 Å². The highest BCUT2D eigenvalue weighted by Gasteiger charge is 2.19. The number of benzene rings is 1. The van der Waals surface area contributed by atoms with Gasteiger partial charge in [0.2, 0.25) is 0 Å². The Hall–Kier alpha value is -1.35. The van der Waals surface area contributed by atoms with Crippen molar-refractivity contribution in [2.24, 2.45) is 0 Å². The summed E-state index contributed by atoms with van der Waals surface area (Å²) < 4.78 is 17.4. The fourth-order valence-electron chi connectivity index (χ4n) is 1.69. The lowest BCUT2D eigenvalue weighted by Crippen LogP contribution is -2.04. The zero-order valence-electron chi connectivity index (χ0n) is 9.13. The summed E-state index contributed by atoms with van der Waals surface area (Å²) in [6.07, 6.45) is 4.14. The van der Waals surface area contributed by atoms with Crippen molar-refractivity contribution in [1.82, 2.24) is 0 Å². The first kappa shape index (κ1) is 11.1. The second-order valence-corrected chi connectivity index (χ2v) is 5.20. The fraction of sp³-hybridized carbons (Fsp3) is 0.231. The van der Waals surface area contributed by atoms with Gasteiger partial charge in [0, 0.05) is 10.5 Å². The maximum absolute atomic E-state index is 12.3. The first-order chi connectivity index (χ1) is 7.83. The van der Waals surface area contributed by atoms with E-state index in [0.29, 0.717) is 0 Å². The molecule has 1 aromatic heterocycles. The van der Waals surface area contributed by atoms with Gasteiger partial charge < -0.3 is 4.42 Å². The molecule has 0 N–H and O–H groups in total. The molecule has 0 aliphatic heterocycles. The molecule has 0 aliphatic carbocycles. The van der Waals surface area contributed by atoms with Gasteiger partial charge in [-0.1, -0.05) is 25.1 Å². The molecule has 0 aliphatic rings. The van der Waals surface area contributed by atoms with E-state index in [1.807, 2.05) is 43.3 Å². The Kier molecular flexibility index (Phi) is 3.57. The highest BCUT2D eigenvalue weighted by molar-refractivity contribution is 7.85. The molecule has 16 heavy (non-hydrogen) atoms. The lowest BCUT2D eigenvalue weighted by atomic mass is 10.2. The van der Waals surface area contributed by atoms with Crippen LogP contribution < -0.4 is 0 Å². The first-order valence-corrected chi connectivity index (χ1v) is 6.52. The summed E-state index contributed by atoms with van der Waals surface area (Å²) in [6, 6.07) is 11.4. The largest absolute Gasteiger partial charge is 0.472 e. The van der Waals surface area contributed by atoms with Gasteiger partial charge in [0.1, 0.15) is 0 Å². The topological polar surface area (TPSA) is 30.2 Å². The summed E-state index contributed by atoms with van der Waals surface area (Å²) in [5, 5.41) is 0.0150. The van der Waals surface area contributed by atoms with Gasteiger partial charge in [-0.3, -0.25) is 4.21 Å². The maximum atomic E-state index is 12.3. The van der Waals surface area contributed by atoms with Gasteiger partial charge in [0.05, 0.1) is 28.6 Å². The minimum absolute atomic E-state index is 0.0150. The van der Waals surface area contributed by atoms with E-state index in [2.05, 4.69) is 0 Å². The van der Waals surface area contributed by atoms with Crippen LogP contribution in [0, 0.1) is 0 Å². The van der Waals surface area contributed by atoms with E-state index in [1.165, 1.54) is 0 Å². The molecule has 3 heteroatoms. The Morgan fingerprint density at radius 2 is 2.00 bits per heavy atom. The Labute approximate surface area is 97.8 Å². The van der Waals surface area contributed by atoms with Crippen LogP contribution in [0.4, 0.5) is 0 Å². The van der Waals surface area contributed by atoms with Crippen LogP contribution >= 0.6 is 0 Å². The van der Waals surface area contributed by atoms with Gasteiger partial charge in [-0.25, -0.2) is 0 Å². The summed E-state index contributed by atoms with van der Waals surface area (Å²) in [5.41, 5.74) is 1.00. The number of furan rings is 1. The van der Waals surface area contributed by atoms with Crippen molar-refractivity contribution in [1.29, 1.82) is 0 Å². The van der Waals surface area contributed by atoms with Crippen LogP contribution in [0.2, 0.25) is 0 Å². The molecule has 2 unspecified atom stereocenters. The van der Waals surface area contributed by atoms with Crippen LogP contribution in [0.25, 0.3) is 0 Å². The molecular weight excluding hydrogens is 220 g/mol. The van der Waals surface area contributed by atoms with Gasteiger partial charge in [-0.05, 0) is 24.6 Å². The summed E-state index contributed by atoms with van der Waals surface area (Å²) in [4.78, 5) is 0.871. The van der Waals surface area contributed by atoms with Crippen molar-refractivity contribution >= 4 is 10.8 Å². The predicted molar refractivity (Wildman–Crippen MR) is 64.6 cm³/mol. The molecule has 2 nitrogen and oxygen atoms in total. The first-order valence-electron chi connectivity index (χ1n) is 5.30. The third-order valence-electron chi connectivity index (χ3n) is 2.52. The minimum atomic E-state index is -1.01. The van der Waals surface area contributed by atoms with Crippen molar-refractivity contribution in [2.45, 2.75) is 23.5 Å². The second kappa shape index (κ2) is 5.12. The molecule has 0 fully saturated rings. The van der Waals surface area contributed by atoms with Crippen molar-refractivity contribution in [3.05, 3.63) is 54.5 Å². The number of rotatable bonds is 4. The molecule has 2 atom stereocenters. The van der Waals surface area contributed by atoms with E-state index in [9.17, 15) is 4.21 Å². The van der Waals surface area contributed by atoms with E-state index >= 15 is 0 Å². The van der Waals surface area contributed by atoms with Crippen LogP contribution in [-0.2, 0) is 10.8 Å². The third kappa shape index (κ3) is 2.25. The minimum Gasteiger partial charge on any atom is -0.472 e. The monoisotopic (exact) mass is 234 g/mol. The Balaban J connectivity index is 2.27. The third-order valence-corrected chi connectivity index (χ3v) is 4.38. The zero-order chi connectivity index (χ0) is 11.4. The Morgan fingerprint density at radius 1 is 1.25 bits per heavy atom. The number of hydrogen-bond acceptors (Lipinski definition) is 2. The normalized spacial score (nSPS) is 14.6. The average Bonchev–Trinajstić information content (AvgIpc) is 2.85. The van der Waals surface area contributed by atoms with Crippen LogP contribution in [0.5, 0.6) is 0 Å². The molecule has 0 spiro atoms. The molecule has 84 valence electrons. The van der Waals surface area contributed by atoms with E-state index in [4.69, 9.17) is 4.42 Å². The average molecular weight is 234 g/mol. The summed E-state index contributed by atoms with van der Waals surface area (Å²) >= 11 is 0. The van der Waals surface area contributed by atoms with E-state index < -0.39 is 10.8 Å². The fourth-order valence-corrected chi connectivity index (χ4v) is 3.13. The zero-order valence-corrected chi connectivity index (χ0v) is 9.94. The quantitative estimate of drug-likeness (QED) is 0.810. The standard InChI is InChI=1S/C13H14O2S/c1-2-13(11-8-9-15-10-11)16(14)12-6-4-3-5-7-12/h3-10,13H,2H2,1H3. The lowest BCUT2D eigenvalue weighted by molar-refractivity contribution is 0.562. The van der Waals surface area contributed by atoms with Crippen molar-refractivity contribution in [3.8, 4) is 0 Å². The second-order valence-electron chi connectivity index (χ2n) is 3.56. The van der Waals surface area contributed by atoms with Crippen molar-refractivity contribution in [3.63, 3.8) is 0 Å². The Bertz CT molecular complexity index is 448. The number of hydrogen-bond donors (Lipinski definition) is 0. The molecule has 0 saturated carbocycles. The van der Waals surface area contributed by atoms with E-state index in [0.717, 1.165) is 16.9 Å². The van der Waals surface area contributed by atoms with Gasteiger partial charge in [-0.15, -0.1) is 0 Å². The van der Waals surface area contributed by atoms with Gasteiger partial charge in [0.25, 0.3) is 0 Å². The van der Waals surface area contributed by atoms with Gasteiger partial charge in [0.15, 0.2) is 0 Å². The molecule has 2 aromatic rings. The SMILES string of the molecule is CCC(c1ccoc1)S(=O)c1ccccc1. The molecule has 0 bridgehead atoms. The summed E-state index contributed by atoms with van der Waals surface area (Å²) in [7, 11) is -1.01. The predicted octanol–water partition coefficient (Wildman–Crippen LogP) is 3.54. The van der Waals surface area contributed by atoms with Crippen molar-refractivity contribution in [2.75, 3.05) is 0 Å². The molecule has 2 rings (SSSR count). The van der Waals surface area contributed by atoms with E-state index in [-0.39, 0.29) is 5.25 Å². The highest BCUT2D eigenvalue weighted by atomic mass is 32.2. The lowest BCUT2D eigenvalue weighted by Gasteiger charge is -2.12. The van der Waals surface area contributed by atoms with Gasteiger partial charge in [-0.2, -0.15) is 0 Å². The van der Waals surface area contributed by atoms with E-state index in [1.54, 1.807) is 12.5 Å². The summed E-state index contributed by atoms with van der Waals surface area (Å²) in [5.74, 6) is 0. The summed E-state index contributed by atoms with van der Waals surface area (Å²) in [6.45, 7) is 2.04. The molecule has 0 saturated heterocycles. The van der Waals surface area contributed by atoms with Crippen LogP contribution in [0.3, 0.4) is 0 Å². The molecule has 0 amide bonds. The molecular formula is C13H14O2S. The molecule has 1 heterocycles. The maximum Gasteiger partial charge on any atom is 0.0946 e. The molecule has 0 radical (unpaired) electrons. The smallest absolute Gasteiger partial charge is 0.0946 e. The highest BCUT2D eigenvalue weighted by Crippen LogP contribution is 2.28. The van der Waals surface area contributed by atoms with Crippen LogP contribution in [0.1, 0.15) is 24.2 Å². The Morgan fingerprint density at radius 3 is 2.56 bits per heavy atom.